The molecule has 6 nitrogen and oxygen atoms in total. The van der Waals surface area contributed by atoms with E-state index >= 15 is 0 Å². The summed E-state index contributed by atoms with van der Waals surface area (Å²) in [6.07, 6.45) is 3.95. The Bertz CT molecular complexity index is 480. The Labute approximate surface area is 134 Å². The maximum absolute atomic E-state index is 12.6. The minimum absolute atomic E-state index is 0.0414. The van der Waals surface area contributed by atoms with Crippen molar-refractivity contribution in [3.8, 4) is 0 Å². The van der Waals surface area contributed by atoms with Gasteiger partial charge in [0.2, 0.25) is 11.8 Å². The van der Waals surface area contributed by atoms with Crippen LogP contribution in [0.3, 0.4) is 0 Å². The molecule has 3 rings (SSSR count). The number of nitrogens with one attached hydrogen (secondary N) is 1. The topological polar surface area (TPSA) is 86.7 Å². The highest BCUT2D eigenvalue weighted by atomic mass is 32.2. The number of nitrogens with zero attached hydrogens (tertiary/aromatic N) is 1. The number of thioether (sulfide) groups is 1. The van der Waals surface area contributed by atoms with Crippen LogP contribution in [0.25, 0.3) is 0 Å². The van der Waals surface area contributed by atoms with E-state index in [1.54, 1.807) is 16.7 Å². The van der Waals surface area contributed by atoms with E-state index in [1.165, 1.54) is 12.8 Å². The Balaban J connectivity index is 1.56. The number of hydrogen-bond acceptors (Lipinski definition) is 4. The van der Waals surface area contributed by atoms with E-state index in [9.17, 15) is 14.4 Å². The van der Waals surface area contributed by atoms with Gasteiger partial charge in [-0.25, -0.2) is 0 Å². The van der Waals surface area contributed by atoms with Gasteiger partial charge in [0.05, 0.1) is 11.8 Å². The van der Waals surface area contributed by atoms with Gasteiger partial charge < -0.3 is 15.3 Å². The van der Waals surface area contributed by atoms with Crippen LogP contribution in [0.1, 0.15) is 32.1 Å². The highest BCUT2D eigenvalue weighted by Gasteiger charge is 2.41. The van der Waals surface area contributed by atoms with Crippen molar-refractivity contribution in [2.75, 3.05) is 18.2 Å². The molecule has 1 aliphatic heterocycles. The normalized spacial score (nSPS) is 31.3. The molecule has 2 aliphatic carbocycles. The second-order valence-electron chi connectivity index (χ2n) is 6.56. The largest absolute Gasteiger partial charge is 0.481 e. The van der Waals surface area contributed by atoms with Gasteiger partial charge >= 0.3 is 5.97 Å². The zero-order valence-electron chi connectivity index (χ0n) is 12.5. The van der Waals surface area contributed by atoms with Crippen molar-refractivity contribution in [2.45, 2.75) is 38.1 Å². The number of carbonyl (C=O) groups is 3. The molecular formula is C15H22N2O4S. The third-order valence-corrected chi connectivity index (χ3v) is 5.87. The summed E-state index contributed by atoms with van der Waals surface area (Å²) in [6.45, 7) is 0.715. The molecule has 0 radical (unpaired) electrons. The molecule has 1 heterocycles. The number of carboxylic acids is 1. The number of hydrogen-bond donors (Lipinski definition) is 2. The average Bonchev–Trinajstić information content (AvgIpc) is 3.02. The van der Waals surface area contributed by atoms with Crippen LogP contribution < -0.4 is 5.32 Å². The minimum Gasteiger partial charge on any atom is -0.481 e. The molecule has 2 amide bonds. The second kappa shape index (κ2) is 6.48. The van der Waals surface area contributed by atoms with Crippen molar-refractivity contribution in [1.29, 1.82) is 0 Å². The first-order valence-electron chi connectivity index (χ1n) is 7.95. The first kappa shape index (κ1) is 15.6. The van der Waals surface area contributed by atoms with Gasteiger partial charge in [-0.3, -0.25) is 14.4 Å². The summed E-state index contributed by atoms with van der Waals surface area (Å²) in [4.78, 5) is 37.6. The quantitative estimate of drug-likeness (QED) is 0.784. The van der Waals surface area contributed by atoms with Gasteiger partial charge in [0.25, 0.3) is 0 Å². The van der Waals surface area contributed by atoms with Crippen LogP contribution >= 0.6 is 11.8 Å². The molecule has 2 saturated carbocycles. The number of carboxylic acid groups (broad SMARTS) is 1. The van der Waals surface area contributed by atoms with Crippen LogP contribution in [0.5, 0.6) is 0 Å². The zero-order chi connectivity index (χ0) is 15.7. The molecule has 0 bridgehead atoms. The van der Waals surface area contributed by atoms with Gasteiger partial charge in [-0.05, 0) is 38.0 Å². The summed E-state index contributed by atoms with van der Waals surface area (Å²) in [6, 6.07) is -0.389. The predicted molar refractivity (Wildman–Crippen MR) is 82.2 cm³/mol. The molecular weight excluding hydrogens is 304 g/mol. The molecule has 0 spiro atoms. The fraction of sp³-hybridized carbons (Fsp3) is 0.800. The van der Waals surface area contributed by atoms with E-state index < -0.39 is 11.9 Å². The van der Waals surface area contributed by atoms with Crippen molar-refractivity contribution in [2.24, 2.45) is 17.8 Å². The van der Waals surface area contributed by atoms with Crippen molar-refractivity contribution in [3.63, 3.8) is 0 Å². The third-order valence-electron chi connectivity index (χ3n) is 4.86. The first-order chi connectivity index (χ1) is 10.6. The molecule has 7 heteroatoms. The number of aliphatic carboxylic acids is 1. The Morgan fingerprint density at radius 2 is 1.86 bits per heavy atom. The molecule has 2 N–H and O–H groups in total. The Morgan fingerprint density at radius 1 is 1.14 bits per heavy atom. The smallest absolute Gasteiger partial charge is 0.306 e. The maximum Gasteiger partial charge on any atom is 0.306 e. The Kier molecular flexibility index (Phi) is 4.61. The lowest BCUT2D eigenvalue weighted by molar-refractivity contribution is -0.143. The molecule has 1 saturated heterocycles. The molecule has 22 heavy (non-hydrogen) atoms. The fourth-order valence-electron chi connectivity index (χ4n) is 3.23. The monoisotopic (exact) mass is 326 g/mol. The minimum atomic E-state index is -0.815. The highest BCUT2D eigenvalue weighted by molar-refractivity contribution is 7.99. The van der Waals surface area contributed by atoms with E-state index in [2.05, 4.69) is 5.32 Å². The summed E-state index contributed by atoms with van der Waals surface area (Å²) in [5, 5.41) is 12.0. The molecule has 3 fully saturated rings. The van der Waals surface area contributed by atoms with Crippen LogP contribution in [0.15, 0.2) is 0 Å². The van der Waals surface area contributed by atoms with Crippen molar-refractivity contribution in [3.05, 3.63) is 0 Å². The van der Waals surface area contributed by atoms with E-state index in [4.69, 9.17) is 5.11 Å². The molecule has 122 valence electrons. The highest BCUT2D eigenvalue weighted by Crippen LogP contribution is 2.35. The molecule has 0 aromatic heterocycles. The van der Waals surface area contributed by atoms with E-state index in [-0.39, 0.29) is 23.8 Å². The molecule has 1 unspecified atom stereocenters. The van der Waals surface area contributed by atoms with Gasteiger partial charge in [-0.15, -0.1) is 11.8 Å². The van der Waals surface area contributed by atoms with Gasteiger partial charge in [0.15, 0.2) is 0 Å². The van der Waals surface area contributed by atoms with Crippen LogP contribution in [-0.2, 0) is 14.4 Å². The zero-order valence-corrected chi connectivity index (χ0v) is 13.3. The fourth-order valence-corrected chi connectivity index (χ4v) is 4.39. The van der Waals surface area contributed by atoms with Crippen LogP contribution in [0.4, 0.5) is 0 Å². The molecule has 0 aromatic rings. The lowest BCUT2D eigenvalue weighted by atomic mass is 10.0. The standard InChI is InChI=1S/C15H22N2O4S/c18-13(16-6-9-1-2-9)12-7-22-8-17(12)14(19)10-3-4-11(5-10)15(20)21/h9-12H,1-8H2,(H,16,18)(H,20,21)/t10-,11+,12?/m0/s1. The van der Waals surface area contributed by atoms with Gasteiger partial charge in [-0.2, -0.15) is 0 Å². The van der Waals surface area contributed by atoms with Gasteiger partial charge in [0, 0.05) is 18.2 Å². The number of carbonyl (C=O) groups excluding carboxylic acids is 2. The Morgan fingerprint density at radius 3 is 2.50 bits per heavy atom. The lowest BCUT2D eigenvalue weighted by Crippen LogP contribution is -2.49. The number of amides is 2. The second-order valence-corrected chi connectivity index (χ2v) is 7.56. The maximum atomic E-state index is 12.6. The summed E-state index contributed by atoms with van der Waals surface area (Å²) < 4.78 is 0. The van der Waals surface area contributed by atoms with E-state index in [0.29, 0.717) is 43.4 Å². The molecule has 3 atom stereocenters. The Hall–Kier alpha value is -1.24. The van der Waals surface area contributed by atoms with Gasteiger partial charge in [-0.1, -0.05) is 0 Å². The first-order valence-corrected chi connectivity index (χ1v) is 9.10. The summed E-state index contributed by atoms with van der Waals surface area (Å²) in [5.74, 6) is 0.229. The SMILES string of the molecule is O=C(NCC1CC1)C1CSCN1C(=O)[C@H]1CC[C@@H](C(=O)O)C1. The third kappa shape index (κ3) is 3.39. The average molecular weight is 326 g/mol. The summed E-state index contributed by atoms with van der Waals surface area (Å²) in [7, 11) is 0. The van der Waals surface area contributed by atoms with E-state index in [0.717, 1.165) is 0 Å². The molecule has 0 aromatic carbocycles. The van der Waals surface area contributed by atoms with Crippen LogP contribution in [-0.4, -0.2) is 52.0 Å². The summed E-state index contributed by atoms with van der Waals surface area (Å²) >= 11 is 1.59. The van der Waals surface area contributed by atoms with Crippen molar-refractivity contribution < 1.29 is 19.5 Å². The van der Waals surface area contributed by atoms with Crippen LogP contribution in [0, 0.1) is 17.8 Å². The van der Waals surface area contributed by atoms with Crippen LogP contribution in [0.2, 0.25) is 0 Å². The lowest BCUT2D eigenvalue weighted by Gasteiger charge is -2.25. The van der Waals surface area contributed by atoms with Crippen molar-refractivity contribution in [1.82, 2.24) is 10.2 Å². The van der Waals surface area contributed by atoms with Crippen molar-refractivity contribution >= 4 is 29.5 Å². The molecule has 3 aliphatic rings. The van der Waals surface area contributed by atoms with E-state index in [1.807, 2.05) is 0 Å². The van der Waals surface area contributed by atoms with Gasteiger partial charge in [0.1, 0.15) is 6.04 Å². The predicted octanol–water partition coefficient (Wildman–Crippen LogP) is 0.915. The summed E-state index contributed by atoms with van der Waals surface area (Å²) in [5.41, 5.74) is 0. The number of rotatable bonds is 5.